The summed E-state index contributed by atoms with van der Waals surface area (Å²) in [6.07, 6.45) is 3.84. The maximum Gasteiger partial charge on any atom is 0.126 e. The van der Waals surface area contributed by atoms with Gasteiger partial charge >= 0.3 is 0 Å². The number of hydrogen-bond donors (Lipinski definition) is 1. The highest BCUT2D eigenvalue weighted by molar-refractivity contribution is 5.56. The molecule has 1 rings (SSSR count). The van der Waals surface area contributed by atoms with Crippen molar-refractivity contribution in [3.05, 3.63) is 29.1 Å². The average Bonchev–Trinajstić information content (AvgIpc) is 2.41. The molecule has 0 unspecified atom stereocenters. The second-order valence-corrected chi connectivity index (χ2v) is 5.53. The van der Waals surface area contributed by atoms with Gasteiger partial charge in [-0.2, -0.15) is 0 Å². The lowest BCUT2D eigenvalue weighted by Crippen LogP contribution is -2.27. The summed E-state index contributed by atoms with van der Waals surface area (Å²) in [6.45, 7) is 9.74. The van der Waals surface area contributed by atoms with Crippen molar-refractivity contribution >= 4 is 5.69 Å². The van der Waals surface area contributed by atoms with Gasteiger partial charge in [-0.05, 0) is 44.4 Å². The molecule has 1 aromatic rings. The van der Waals surface area contributed by atoms with Gasteiger partial charge in [-0.25, -0.2) is 4.39 Å². The molecule has 3 heteroatoms. The first-order valence-corrected chi connectivity index (χ1v) is 7.74. The molecule has 0 aliphatic carbocycles. The zero-order valence-corrected chi connectivity index (χ0v) is 13.2. The lowest BCUT2D eigenvalue weighted by atomic mass is 10.0. The van der Waals surface area contributed by atoms with Crippen LogP contribution in [-0.4, -0.2) is 18.2 Å². The Morgan fingerprint density at radius 3 is 2.15 bits per heavy atom. The molecule has 0 fully saturated rings. The maximum atomic E-state index is 13.8. The van der Waals surface area contributed by atoms with Gasteiger partial charge < -0.3 is 10.0 Å². The third-order valence-corrected chi connectivity index (χ3v) is 3.66. The summed E-state index contributed by atoms with van der Waals surface area (Å²) in [5.74, 6) is -0.240. The van der Waals surface area contributed by atoms with Gasteiger partial charge in [0, 0.05) is 24.3 Å². The van der Waals surface area contributed by atoms with Crippen LogP contribution in [0.5, 0.6) is 0 Å². The summed E-state index contributed by atoms with van der Waals surface area (Å²) in [4.78, 5) is 2.29. The Morgan fingerprint density at radius 2 is 1.70 bits per heavy atom. The molecule has 1 aromatic carbocycles. The predicted octanol–water partition coefficient (Wildman–Crippen LogP) is 4.59. The largest absolute Gasteiger partial charge is 0.389 e. The van der Waals surface area contributed by atoms with Gasteiger partial charge in [0.25, 0.3) is 0 Å². The van der Waals surface area contributed by atoms with Gasteiger partial charge in [-0.3, -0.25) is 0 Å². The molecule has 2 nitrogen and oxygen atoms in total. The Morgan fingerprint density at radius 1 is 1.15 bits per heavy atom. The van der Waals surface area contributed by atoms with Crippen molar-refractivity contribution in [2.75, 3.05) is 18.0 Å². The van der Waals surface area contributed by atoms with Crippen LogP contribution < -0.4 is 4.90 Å². The highest BCUT2D eigenvalue weighted by Crippen LogP contribution is 2.30. The van der Waals surface area contributed by atoms with Gasteiger partial charge in [0.1, 0.15) is 5.82 Å². The van der Waals surface area contributed by atoms with Gasteiger partial charge in [-0.15, -0.1) is 0 Å². The van der Waals surface area contributed by atoms with E-state index in [2.05, 4.69) is 18.7 Å². The number of aryl methyl sites for hydroxylation is 1. The van der Waals surface area contributed by atoms with Crippen molar-refractivity contribution < 1.29 is 9.50 Å². The number of unbranched alkanes of at least 4 members (excludes halogenated alkanes) is 2. The first-order valence-electron chi connectivity index (χ1n) is 7.74. The van der Waals surface area contributed by atoms with Crippen LogP contribution in [0.15, 0.2) is 12.1 Å². The Labute approximate surface area is 122 Å². The summed E-state index contributed by atoms with van der Waals surface area (Å²) in [5, 5.41) is 9.93. The third-order valence-electron chi connectivity index (χ3n) is 3.66. The Balaban J connectivity index is 3.11. The minimum atomic E-state index is -0.647. The van der Waals surface area contributed by atoms with E-state index in [4.69, 9.17) is 0 Å². The van der Waals surface area contributed by atoms with E-state index in [-0.39, 0.29) is 5.82 Å². The summed E-state index contributed by atoms with van der Waals surface area (Å²) in [6, 6.07) is 3.36. The van der Waals surface area contributed by atoms with E-state index in [1.165, 1.54) is 6.07 Å². The molecule has 0 aliphatic heterocycles. The number of halogens is 1. The first kappa shape index (κ1) is 17.0. The molecule has 0 saturated carbocycles. The molecule has 20 heavy (non-hydrogen) atoms. The van der Waals surface area contributed by atoms with E-state index in [1.54, 1.807) is 13.8 Å². The van der Waals surface area contributed by atoms with Gasteiger partial charge in [0.2, 0.25) is 0 Å². The molecular formula is C17H28FNO. The topological polar surface area (TPSA) is 23.5 Å². The second-order valence-electron chi connectivity index (χ2n) is 5.53. The van der Waals surface area contributed by atoms with Crippen LogP contribution in [0.3, 0.4) is 0 Å². The number of benzene rings is 1. The lowest BCUT2D eigenvalue weighted by molar-refractivity contribution is 0.199. The molecule has 0 aromatic heterocycles. The van der Waals surface area contributed by atoms with Crippen LogP contribution in [0, 0.1) is 12.7 Å². The normalized spacial score (nSPS) is 12.5. The molecule has 0 amide bonds. The fourth-order valence-electron chi connectivity index (χ4n) is 2.34. The molecule has 1 N–H and O–H groups in total. The lowest BCUT2D eigenvalue weighted by Gasteiger charge is -2.28. The number of aliphatic hydroxyl groups excluding tert-OH is 1. The zero-order chi connectivity index (χ0) is 15.1. The Bertz CT molecular complexity index is 410. The third kappa shape index (κ3) is 4.48. The summed E-state index contributed by atoms with van der Waals surface area (Å²) < 4.78 is 13.8. The van der Waals surface area contributed by atoms with Crippen molar-refractivity contribution in [2.24, 2.45) is 0 Å². The van der Waals surface area contributed by atoms with E-state index in [1.807, 2.05) is 6.07 Å². The van der Waals surface area contributed by atoms with Gasteiger partial charge in [0.15, 0.2) is 0 Å². The van der Waals surface area contributed by atoms with Crippen LogP contribution >= 0.6 is 0 Å². The second kappa shape index (κ2) is 8.25. The van der Waals surface area contributed by atoms with E-state index < -0.39 is 6.10 Å². The van der Waals surface area contributed by atoms with E-state index in [0.29, 0.717) is 11.1 Å². The van der Waals surface area contributed by atoms with Gasteiger partial charge in [-0.1, -0.05) is 26.7 Å². The molecule has 0 saturated heterocycles. The van der Waals surface area contributed by atoms with Crippen molar-refractivity contribution in [2.45, 2.75) is 59.5 Å². The van der Waals surface area contributed by atoms with E-state index in [9.17, 15) is 9.50 Å². The number of aliphatic hydroxyl groups is 1. The fourth-order valence-corrected chi connectivity index (χ4v) is 2.34. The minimum absolute atomic E-state index is 0.240. The van der Waals surface area contributed by atoms with Crippen LogP contribution in [0.25, 0.3) is 0 Å². The predicted molar refractivity (Wildman–Crippen MR) is 83.8 cm³/mol. The van der Waals surface area contributed by atoms with E-state index >= 15 is 0 Å². The Kier molecular flexibility index (Phi) is 7.00. The summed E-state index contributed by atoms with van der Waals surface area (Å²) in [5.41, 5.74) is 2.32. The number of anilines is 1. The first-order chi connectivity index (χ1) is 9.51. The van der Waals surface area contributed by atoms with Crippen LogP contribution in [-0.2, 0) is 0 Å². The zero-order valence-electron chi connectivity index (χ0n) is 13.2. The molecule has 0 radical (unpaired) electrons. The number of nitrogens with zero attached hydrogens (tertiary/aromatic N) is 1. The molecule has 0 bridgehead atoms. The highest BCUT2D eigenvalue weighted by atomic mass is 19.1. The maximum absolute atomic E-state index is 13.8. The smallest absolute Gasteiger partial charge is 0.126 e. The van der Waals surface area contributed by atoms with Crippen molar-refractivity contribution in [1.29, 1.82) is 0 Å². The average molecular weight is 281 g/mol. The quantitative estimate of drug-likeness (QED) is 0.753. The molecule has 0 spiro atoms. The fraction of sp³-hybridized carbons (Fsp3) is 0.647. The monoisotopic (exact) mass is 281 g/mol. The van der Waals surface area contributed by atoms with Crippen LogP contribution in [0.2, 0.25) is 0 Å². The Hall–Kier alpha value is -1.09. The summed E-state index contributed by atoms with van der Waals surface area (Å²) >= 11 is 0. The SMILES string of the molecule is CCCCN(CCCC)c1cc(C)c(F)cc1[C@@H](C)O. The number of rotatable bonds is 8. The summed E-state index contributed by atoms with van der Waals surface area (Å²) in [7, 11) is 0. The molecule has 0 aliphatic rings. The molecular weight excluding hydrogens is 253 g/mol. The molecule has 1 atom stereocenters. The highest BCUT2D eigenvalue weighted by Gasteiger charge is 2.16. The van der Waals surface area contributed by atoms with Crippen molar-refractivity contribution in [3.63, 3.8) is 0 Å². The van der Waals surface area contributed by atoms with Gasteiger partial charge in [0.05, 0.1) is 6.10 Å². The molecule has 114 valence electrons. The van der Waals surface area contributed by atoms with Crippen LogP contribution in [0.1, 0.15) is 63.7 Å². The minimum Gasteiger partial charge on any atom is -0.389 e. The molecule has 0 heterocycles. The standard InChI is InChI=1S/C17H28FNO/c1-5-7-9-19(10-8-6-2)17-11-13(3)16(18)12-15(17)14(4)20/h11-12,14,20H,5-10H2,1-4H3/t14-/m1/s1. The van der Waals surface area contributed by atoms with Crippen molar-refractivity contribution in [1.82, 2.24) is 0 Å². The van der Waals surface area contributed by atoms with Crippen molar-refractivity contribution in [3.8, 4) is 0 Å². The van der Waals surface area contributed by atoms with Crippen LogP contribution in [0.4, 0.5) is 10.1 Å². The van der Waals surface area contributed by atoms with E-state index in [0.717, 1.165) is 44.5 Å². The number of hydrogen-bond acceptors (Lipinski definition) is 2.